The van der Waals surface area contributed by atoms with Crippen molar-refractivity contribution in [3.05, 3.63) is 29.3 Å². The fourth-order valence-electron chi connectivity index (χ4n) is 6.90. The Labute approximate surface area is 189 Å². The molecule has 1 amide bonds. The SMILES string of the molecule is O=C(C[C@H]1C[C@@]2(O)[C@H]3Cc4ccc(O)cc4[C@@]2(CCN3CC2CC2)CC1=O)NCC1CC1. The van der Waals surface area contributed by atoms with Gasteiger partial charge in [0.25, 0.3) is 0 Å². The number of ketones is 1. The van der Waals surface area contributed by atoms with Gasteiger partial charge in [-0.2, -0.15) is 0 Å². The van der Waals surface area contributed by atoms with Gasteiger partial charge in [-0.05, 0) is 86.6 Å². The molecule has 32 heavy (non-hydrogen) atoms. The summed E-state index contributed by atoms with van der Waals surface area (Å²) in [6.45, 7) is 2.59. The molecule has 4 fully saturated rings. The number of phenols is 1. The average molecular weight is 439 g/mol. The van der Waals surface area contributed by atoms with Crippen LogP contribution in [-0.2, 0) is 21.4 Å². The molecule has 3 saturated carbocycles. The number of nitrogens with one attached hydrogen (secondary N) is 1. The van der Waals surface area contributed by atoms with E-state index in [-0.39, 0.29) is 36.3 Å². The molecular formula is C26H34N2O4. The lowest BCUT2D eigenvalue weighted by Gasteiger charge is -2.64. The van der Waals surface area contributed by atoms with Gasteiger partial charge in [-0.1, -0.05) is 6.07 Å². The third-order valence-corrected chi connectivity index (χ3v) is 9.06. The van der Waals surface area contributed by atoms with Crippen molar-refractivity contribution < 1.29 is 19.8 Å². The van der Waals surface area contributed by atoms with Crippen molar-refractivity contribution in [2.45, 2.75) is 74.8 Å². The summed E-state index contributed by atoms with van der Waals surface area (Å²) < 4.78 is 0. The molecule has 6 heteroatoms. The Bertz CT molecular complexity index is 955. The first-order chi connectivity index (χ1) is 15.4. The molecule has 3 N–H and O–H groups in total. The molecule has 0 spiro atoms. The second kappa shape index (κ2) is 7.29. The van der Waals surface area contributed by atoms with Crippen LogP contribution in [0.25, 0.3) is 0 Å². The first kappa shape index (κ1) is 20.7. The third kappa shape index (κ3) is 3.29. The van der Waals surface area contributed by atoms with Crippen LogP contribution in [0.15, 0.2) is 18.2 Å². The predicted octanol–water partition coefficient (Wildman–Crippen LogP) is 2.30. The lowest BCUT2D eigenvalue weighted by molar-refractivity contribution is -0.182. The fraction of sp³-hybridized carbons (Fsp3) is 0.692. The lowest BCUT2D eigenvalue weighted by atomic mass is 9.47. The van der Waals surface area contributed by atoms with Crippen LogP contribution in [-0.4, -0.2) is 58.1 Å². The second-order valence-electron chi connectivity index (χ2n) is 11.3. The van der Waals surface area contributed by atoms with E-state index in [1.165, 1.54) is 25.7 Å². The molecule has 1 heterocycles. The van der Waals surface area contributed by atoms with E-state index in [4.69, 9.17) is 0 Å². The Balaban J connectivity index is 1.32. The van der Waals surface area contributed by atoms with Gasteiger partial charge < -0.3 is 15.5 Å². The number of hydrogen-bond acceptors (Lipinski definition) is 5. The van der Waals surface area contributed by atoms with Crippen molar-refractivity contribution in [1.82, 2.24) is 10.2 Å². The molecule has 1 aliphatic heterocycles. The monoisotopic (exact) mass is 438 g/mol. The molecule has 1 saturated heterocycles. The smallest absolute Gasteiger partial charge is 0.220 e. The Hall–Kier alpha value is -1.92. The highest BCUT2D eigenvalue weighted by molar-refractivity contribution is 5.89. The maximum absolute atomic E-state index is 13.4. The molecule has 6 nitrogen and oxygen atoms in total. The van der Waals surface area contributed by atoms with Crippen LogP contribution in [0, 0.1) is 17.8 Å². The van der Waals surface area contributed by atoms with E-state index in [9.17, 15) is 19.8 Å². The minimum absolute atomic E-state index is 0.0426. The quantitative estimate of drug-likeness (QED) is 0.634. The molecule has 1 aromatic rings. The van der Waals surface area contributed by atoms with Crippen LogP contribution >= 0.6 is 0 Å². The highest BCUT2D eigenvalue weighted by atomic mass is 16.3. The number of likely N-dealkylation sites (tertiary alicyclic amines) is 1. The number of hydrogen-bond donors (Lipinski definition) is 3. The molecule has 1 aromatic carbocycles. The van der Waals surface area contributed by atoms with E-state index in [1.807, 2.05) is 6.07 Å². The zero-order chi connectivity index (χ0) is 22.1. The van der Waals surface area contributed by atoms with E-state index in [0.29, 0.717) is 18.9 Å². The molecule has 0 unspecified atom stereocenters. The Kier molecular flexibility index (Phi) is 4.71. The van der Waals surface area contributed by atoms with Crippen molar-refractivity contribution in [1.29, 1.82) is 0 Å². The number of piperidine rings is 1. The highest BCUT2D eigenvalue weighted by Crippen LogP contribution is 2.59. The second-order valence-corrected chi connectivity index (χ2v) is 11.3. The summed E-state index contributed by atoms with van der Waals surface area (Å²) in [7, 11) is 0. The number of nitrogens with zero attached hydrogens (tertiary/aromatic N) is 1. The molecule has 172 valence electrons. The number of rotatable bonds is 6. The van der Waals surface area contributed by atoms with Crippen molar-refractivity contribution in [2.24, 2.45) is 17.8 Å². The highest BCUT2D eigenvalue weighted by Gasteiger charge is 2.66. The van der Waals surface area contributed by atoms with E-state index >= 15 is 0 Å². The molecule has 6 rings (SSSR count). The molecule has 2 bridgehead atoms. The van der Waals surface area contributed by atoms with Gasteiger partial charge >= 0.3 is 0 Å². The number of fused-ring (bicyclic) bond motifs is 1. The van der Waals surface area contributed by atoms with Gasteiger partial charge in [0, 0.05) is 43.3 Å². The molecule has 0 radical (unpaired) electrons. The summed E-state index contributed by atoms with van der Waals surface area (Å²) in [5, 5.41) is 25.7. The number of benzene rings is 1. The first-order valence-electron chi connectivity index (χ1n) is 12.5. The Morgan fingerprint density at radius 2 is 1.97 bits per heavy atom. The van der Waals surface area contributed by atoms with Crippen LogP contribution in [0.5, 0.6) is 5.75 Å². The summed E-state index contributed by atoms with van der Waals surface area (Å²) in [6, 6.07) is 5.43. The molecule has 4 atom stereocenters. The molecule has 0 aromatic heterocycles. The summed E-state index contributed by atoms with van der Waals surface area (Å²) in [6.07, 6.45) is 7.10. The lowest BCUT2D eigenvalue weighted by Crippen LogP contribution is -2.74. The van der Waals surface area contributed by atoms with Gasteiger partial charge in [0.15, 0.2) is 0 Å². The summed E-state index contributed by atoms with van der Waals surface area (Å²) in [4.78, 5) is 28.4. The molecule has 4 aliphatic carbocycles. The fourth-order valence-corrected chi connectivity index (χ4v) is 6.90. The normalized spacial score (nSPS) is 36.3. The van der Waals surface area contributed by atoms with Gasteiger partial charge in [0.05, 0.1) is 5.60 Å². The Morgan fingerprint density at radius 3 is 2.72 bits per heavy atom. The van der Waals surface area contributed by atoms with Crippen LogP contribution < -0.4 is 5.32 Å². The maximum atomic E-state index is 13.4. The van der Waals surface area contributed by atoms with Gasteiger partial charge in [0.1, 0.15) is 11.5 Å². The summed E-state index contributed by atoms with van der Waals surface area (Å²) in [5.74, 6) is 1.10. The largest absolute Gasteiger partial charge is 0.508 e. The average Bonchev–Trinajstić information content (AvgIpc) is 3.66. The number of Topliss-reactive ketones (excluding diaryl/α,β-unsaturated/α-hetero) is 1. The molecular weight excluding hydrogens is 404 g/mol. The minimum atomic E-state index is -1.06. The van der Waals surface area contributed by atoms with Crippen LogP contribution in [0.1, 0.15) is 62.5 Å². The van der Waals surface area contributed by atoms with Crippen molar-refractivity contribution >= 4 is 11.7 Å². The zero-order valence-electron chi connectivity index (χ0n) is 18.7. The minimum Gasteiger partial charge on any atom is -0.508 e. The van der Waals surface area contributed by atoms with E-state index in [1.54, 1.807) is 12.1 Å². The summed E-state index contributed by atoms with van der Waals surface area (Å²) >= 11 is 0. The number of phenolic OH excluding ortho intramolecular Hbond substituents is 1. The maximum Gasteiger partial charge on any atom is 0.220 e. The van der Waals surface area contributed by atoms with E-state index in [2.05, 4.69) is 10.2 Å². The van der Waals surface area contributed by atoms with Crippen molar-refractivity contribution in [3.63, 3.8) is 0 Å². The first-order valence-corrected chi connectivity index (χ1v) is 12.5. The number of amides is 1. The number of aliphatic hydroxyl groups is 1. The number of carbonyl (C=O) groups is 2. The number of carbonyl (C=O) groups excluding carboxylic acids is 2. The third-order valence-electron chi connectivity index (χ3n) is 9.06. The van der Waals surface area contributed by atoms with Gasteiger partial charge in [-0.25, -0.2) is 0 Å². The van der Waals surface area contributed by atoms with Crippen LogP contribution in [0.4, 0.5) is 0 Å². The van der Waals surface area contributed by atoms with Gasteiger partial charge in [-0.15, -0.1) is 0 Å². The van der Waals surface area contributed by atoms with Crippen LogP contribution in [0.3, 0.4) is 0 Å². The van der Waals surface area contributed by atoms with Gasteiger partial charge in [-0.3, -0.25) is 14.5 Å². The van der Waals surface area contributed by atoms with Gasteiger partial charge in [0.2, 0.25) is 5.91 Å². The van der Waals surface area contributed by atoms with Crippen molar-refractivity contribution in [3.8, 4) is 5.75 Å². The number of aromatic hydroxyl groups is 1. The summed E-state index contributed by atoms with van der Waals surface area (Å²) in [5.41, 5.74) is 0.372. The molecule has 5 aliphatic rings. The predicted molar refractivity (Wildman–Crippen MR) is 119 cm³/mol. The van der Waals surface area contributed by atoms with E-state index in [0.717, 1.165) is 43.0 Å². The van der Waals surface area contributed by atoms with Crippen LogP contribution in [0.2, 0.25) is 0 Å². The zero-order valence-corrected chi connectivity index (χ0v) is 18.7. The van der Waals surface area contributed by atoms with Crippen molar-refractivity contribution in [2.75, 3.05) is 19.6 Å². The Morgan fingerprint density at radius 1 is 1.19 bits per heavy atom. The topological polar surface area (TPSA) is 89.9 Å². The standard InChI is InChI=1S/C26H34N2O4/c29-20-6-5-18-9-23-26(32)12-19(10-24(31)27-14-16-1-2-16)22(30)13-25(26,21(18)11-20)7-8-28(23)15-17-3-4-17/h5-6,11,16-17,19,23,29,32H,1-4,7-10,12-15H2,(H,27,31)/t19-,23+,25+,26+/m0/s1. The van der Waals surface area contributed by atoms with E-state index < -0.39 is 16.9 Å².